The second kappa shape index (κ2) is 6.18. The highest BCUT2D eigenvalue weighted by atomic mass is 19.3. The van der Waals surface area contributed by atoms with Gasteiger partial charge in [-0.1, -0.05) is 12.1 Å². The average molecular weight is 243 g/mol. The molecule has 0 radical (unpaired) electrons. The van der Waals surface area contributed by atoms with E-state index in [1.54, 1.807) is 26.2 Å². The molecule has 0 spiro atoms. The predicted molar refractivity (Wildman–Crippen MR) is 60.1 cm³/mol. The first-order chi connectivity index (χ1) is 7.99. The SMILES string of the molecule is CN(C)C(=O)CCc1ccc(OC(F)F)cc1. The third kappa shape index (κ3) is 4.80. The van der Waals surface area contributed by atoms with E-state index in [1.165, 1.54) is 17.0 Å². The van der Waals surface area contributed by atoms with Gasteiger partial charge in [-0.3, -0.25) is 4.79 Å². The molecular weight excluding hydrogens is 228 g/mol. The lowest BCUT2D eigenvalue weighted by molar-refractivity contribution is -0.128. The molecule has 0 atom stereocenters. The first-order valence-electron chi connectivity index (χ1n) is 5.23. The summed E-state index contributed by atoms with van der Waals surface area (Å²) in [5.74, 6) is 0.167. The second-order valence-corrected chi connectivity index (χ2v) is 3.81. The van der Waals surface area contributed by atoms with Crippen LogP contribution in [0.3, 0.4) is 0 Å². The zero-order chi connectivity index (χ0) is 12.8. The quantitative estimate of drug-likeness (QED) is 0.794. The number of alkyl halides is 2. The number of hydrogen-bond donors (Lipinski definition) is 0. The van der Waals surface area contributed by atoms with Crippen LogP contribution in [0.25, 0.3) is 0 Å². The minimum atomic E-state index is -2.81. The zero-order valence-corrected chi connectivity index (χ0v) is 9.82. The van der Waals surface area contributed by atoms with E-state index in [-0.39, 0.29) is 11.7 Å². The van der Waals surface area contributed by atoms with Crippen LogP contribution in [0, 0.1) is 0 Å². The Bertz CT molecular complexity index is 363. The number of hydrogen-bond acceptors (Lipinski definition) is 2. The maximum absolute atomic E-state index is 11.9. The van der Waals surface area contributed by atoms with Crippen LogP contribution < -0.4 is 4.74 Å². The molecule has 5 heteroatoms. The van der Waals surface area contributed by atoms with Crippen LogP contribution in [0.5, 0.6) is 5.75 Å². The maximum Gasteiger partial charge on any atom is 0.387 e. The Morgan fingerprint density at radius 2 is 1.88 bits per heavy atom. The first kappa shape index (κ1) is 13.4. The number of amides is 1. The molecule has 1 rings (SSSR count). The molecule has 1 amide bonds. The first-order valence-corrected chi connectivity index (χ1v) is 5.23. The lowest BCUT2D eigenvalue weighted by Crippen LogP contribution is -2.21. The molecule has 0 aliphatic rings. The van der Waals surface area contributed by atoms with Crippen molar-refractivity contribution in [1.82, 2.24) is 4.90 Å². The van der Waals surface area contributed by atoms with Crippen molar-refractivity contribution in [2.24, 2.45) is 0 Å². The van der Waals surface area contributed by atoms with Gasteiger partial charge >= 0.3 is 6.61 Å². The minimum absolute atomic E-state index is 0.0397. The smallest absolute Gasteiger partial charge is 0.387 e. The van der Waals surface area contributed by atoms with Gasteiger partial charge in [-0.25, -0.2) is 0 Å². The highest BCUT2D eigenvalue weighted by Crippen LogP contribution is 2.15. The van der Waals surface area contributed by atoms with E-state index in [4.69, 9.17) is 0 Å². The number of halogens is 2. The molecule has 0 aliphatic carbocycles. The van der Waals surface area contributed by atoms with E-state index < -0.39 is 6.61 Å². The second-order valence-electron chi connectivity index (χ2n) is 3.81. The third-order valence-electron chi connectivity index (χ3n) is 2.27. The Morgan fingerprint density at radius 1 is 1.29 bits per heavy atom. The predicted octanol–water partition coefficient (Wildman–Crippen LogP) is 2.31. The summed E-state index contributed by atoms with van der Waals surface area (Å²) in [5.41, 5.74) is 0.918. The molecule has 0 unspecified atom stereocenters. The third-order valence-corrected chi connectivity index (χ3v) is 2.27. The lowest BCUT2D eigenvalue weighted by atomic mass is 10.1. The summed E-state index contributed by atoms with van der Waals surface area (Å²) in [5, 5.41) is 0. The Labute approximate surface area is 99.0 Å². The lowest BCUT2D eigenvalue weighted by Gasteiger charge is -2.10. The molecule has 0 N–H and O–H groups in total. The van der Waals surface area contributed by atoms with Crippen molar-refractivity contribution >= 4 is 5.91 Å². The summed E-state index contributed by atoms with van der Waals surface area (Å²) in [7, 11) is 3.39. The van der Waals surface area contributed by atoms with E-state index >= 15 is 0 Å². The molecule has 94 valence electrons. The molecule has 0 fully saturated rings. The molecule has 3 nitrogen and oxygen atoms in total. The number of carbonyl (C=O) groups is 1. The minimum Gasteiger partial charge on any atom is -0.435 e. The van der Waals surface area contributed by atoms with Crippen molar-refractivity contribution in [3.63, 3.8) is 0 Å². The molecule has 0 aliphatic heterocycles. The summed E-state index contributed by atoms with van der Waals surface area (Å²) >= 11 is 0. The van der Waals surface area contributed by atoms with Gasteiger partial charge in [0.05, 0.1) is 0 Å². The van der Waals surface area contributed by atoms with Gasteiger partial charge in [0.2, 0.25) is 5.91 Å². The topological polar surface area (TPSA) is 29.5 Å². The summed E-state index contributed by atoms with van der Waals surface area (Å²) in [4.78, 5) is 12.9. The molecule has 0 heterocycles. The molecule has 0 saturated carbocycles. The van der Waals surface area contributed by atoms with Crippen LogP contribution in [-0.4, -0.2) is 31.5 Å². The van der Waals surface area contributed by atoms with Gasteiger partial charge in [0.25, 0.3) is 0 Å². The number of rotatable bonds is 5. The van der Waals surface area contributed by atoms with Crippen molar-refractivity contribution in [1.29, 1.82) is 0 Å². The summed E-state index contributed by atoms with van der Waals surface area (Å²) in [6, 6.07) is 6.31. The van der Waals surface area contributed by atoms with Crippen molar-refractivity contribution in [2.75, 3.05) is 14.1 Å². The fraction of sp³-hybridized carbons (Fsp3) is 0.417. The highest BCUT2D eigenvalue weighted by Gasteiger charge is 2.06. The summed E-state index contributed by atoms with van der Waals surface area (Å²) < 4.78 is 28.0. The van der Waals surface area contributed by atoms with Gasteiger partial charge in [0, 0.05) is 20.5 Å². The van der Waals surface area contributed by atoms with Gasteiger partial charge in [0.15, 0.2) is 0 Å². The monoisotopic (exact) mass is 243 g/mol. The van der Waals surface area contributed by atoms with Crippen LogP contribution in [0.1, 0.15) is 12.0 Å². The fourth-order valence-electron chi connectivity index (χ4n) is 1.31. The Balaban J connectivity index is 2.48. The number of nitrogens with zero attached hydrogens (tertiary/aromatic N) is 1. The number of carbonyl (C=O) groups excluding carboxylic acids is 1. The van der Waals surface area contributed by atoms with Gasteiger partial charge in [-0.15, -0.1) is 0 Å². The van der Waals surface area contributed by atoms with Crippen molar-refractivity contribution in [2.45, 2.75) is 19.5 Å². The van der Waals surface area contributed by atoms with Gasteiger partial charge < -0.3 is 9.64 Å². The van der Waals surface area contributed by atoms with Crippen molar-refractivity contribution in [3.05, 3.63) is 29.8 Å². The van der Waals surface area contributed by atoms with E-state index in [0.29, 0.717) is 12.8 Å². The number of ether oxygens (including phenoxy) is 1. The van der Waals surface area contributed by atoms with Crippen LogP contribution in [-0.2, 0) is 11.2 Å². The van der Waals surface area contributed by atoms with Crippen LogP contribution >= 0.6 is 0 Å². The molecule has 0 bridgehead atoms. The average Bonchev–Trinajstić information content (AvgIpc) is 2.26. The highest BCUT2D eigenvalue weighted by molar-refractivity contribution is 5.75. The van der Waals surface area contributed by atoms with Gasteiger partial charge in [-0.05, 0) is 24.1 Å². The van der Waals surface area contributed by atoms with Gasteiger partial charge in [-0.2, -0.15) is 8.78 Å². The number of benzene rings is 1. The van der Waals surface area contributed by atoms with E-state index in [0.717, 1.165) is 5.56 Å². The molecular formula is C12H15F2NO2. The van der Waals surface area contributed by atoms with Gasteiger partial charge in [0.1, 0.15) is 5.75 Å². The van der Waals surface area contributed by atoms with E-state index in [1.807, 2.05) is 0 Å². The Kier molecular flexibility index (Phi) is 4.87. The Morgan fingerprint density at radius 3 is 2.35 bits per heavy atom. The molecule has 1 aromatic rings. The van der Waals surface area contributed by atoms with Crippen LogP contribution in [0.15, 0.2) is 24.3 Å². The standard InChI is InChI=1S/C12H15F2NO2/c1-15(2)11(16)8-5-9-3-6-10(7-4-9)17-12(13)14/h3-4,6-7,12H,5,8H2,1-2H3. The van der Waals surface area contributed by atoms with Crippen LogP contribution in [0.4, 0.5) is 8.78 Å². The largest absolute Gasteiger partial charge is 0.435 e. The molecule has 1 aromatic carbocycles. The summed E-state index contributed by atoms with van der Waals surface area (Å²) in [6.07, 6.45) is 0.994. The zero-order valence-electron chi connectivity index (χ0n) is 9.82. The fourth-order valence-corrected chi connectivity index (χ4v) is 1.31. The molecule has 0 saturated heterocycles. The maximum atomic E-state index is 11.9. The molecule has 0 aromatic heterocycles. The molecule has 17 heavy (non-hydrogen) atoms. The van der Waals surface area contributed by atoms with Crippen LogP contribution in [0.2, 0.25) is 0 Å². The van der Waals surface area contributed by atoms with E-state index in [2.05, 4.69) is 4.74 Å². The normalized spacial score (nSPS) is 10.4. The van der Waals surface area contributed by atoms with E-state index in [9.17, 15) is 13.6 Å². The summed E-state index contributed by atoms with van der Waals surface area (Å²) in [6.45, 7) is -2.81. The van der Waals surface area contributed by atoms with Crippen molar-refractivity contribution < 1.29 is 18.3 Å². The Hall–Kier alpha value is -1.65. The number of aryl methyl sites for hydroxylation is 1. The van der Waals surface area contributed by atoms with Crippen molar-refractivity contribution in [3.8, 4) is 5.75 Å².